The van der Waals surface area contributed by atoms with Crippen LogP contribution in [0.2, 0.25) is 0 Å². The summed E-state index contributed by atoms with van der Waals surface area (Å²) in [6.07, 6.45) is 0. The largest absolute Gasteiger partial charge is 0.208 e. The lowest BCUT2D eigenvalue weighted by Gasteiger charge is -2.29. The molecule has 0 atom stereocenters. The van der Waals surface area contributed by atoms with Crippen LogP contribution in [0.1, 0.15) is 0 Å². The van der Waals surface area contributed by atoms with E-state index < -0.39 is 0 Å². The maximum Gasteiger partial charge on any atom is 0.164 e. The van der Waals surface area contributed by atoms with E-state index in [9.17, 15) is 0 Å². The molecule has 1 aromatic heterocycles. The zero-order valence-corrected chi connectivity index (χ0v) is 32.7. The molecule has 0 saturated heterocycles. The van der Waals surface area contributed by atoms with Crippen molar-refractivity contribution in [3.8, 4) is 67.5 Å². The second-order valence-corrected chi connectivity index (χ2v) is 14.7. The van der Waals surface area contributed by atoms with Crippen LogP contribution in [-0.4, -0.2) is 101 Å². The summed E-state index contributed by atoms with van der Waals surface area (Å²) in [7, 11) is 72.6. The number of aromatic nitrogens is 3. The average molecular weight is 746 g/mol. The lowest BCUT2D eigenvalue weighted by atomic mass is 9.56. The van der Waals surface area contributed by atoms with Crippen molar-refractivity contribution in [1.82, 2.24) is 15.0 Å². The number of fused-ring (bicyclic) bond motifs is 2. The van der Waals surface area contributed by atoms with Crippen LogP contribution >= 0.6 is 0 Å². The highest BCUT2D eigenvalue weighted by atomic mass is 15.0. The number of rotatable bonds is 6. The van der Waals surface area contributed by atoms with Crippen molar-refractivity contribution in [3.05, 3.63) is 121 Å². The van der Waals surface area contributed by atoms with Gasteiger partial charge in [-0.25, -0.2) is 15.0 Å². The fraction of sp³-hybridized carbons (Fsp3) is 0. The molecule has 0 spiro atoms. The normalized spacial score (nSPS) is 11.3. The van der Waals surface area contributed by atoms with E-state index in [4.69, 9.17) is 101 Å². The summed E-state index contributed by atoms with van der Waals surface area (Å²) in [6.45, 7) is 0. The summed E-state index contributed by atoms with van der Waals surface area (Å²) in [5, 5.41) is 2.79. The Bertz CT molecular complexity index is 3230. The standard InChI is InChI=1S/C47H20B11N3/c48-34-29-30(36(50)37(51)31(34)32-39(53)42(56)44(58)43(57)40(32)54)35(49)33(41(55)38(29)52)47-60-45(24-10-2-1-3-11-24)59-46(61-47)28-15-7-6-14-27(28)23-19-17-22(18-20-23)26-16-8-12-21-9-4-5-13-25(21)26/h1-20H. The molecular weight excluding hydrogens is 725 g/mol. The van der Waals surface area contributed by atoms with Crippen LogP contribution < -0.4 is 60.1 Å². The Balaban J connectivity index is 1.24. The number of nitrogens with zero attached hydrogens (tertiary/aromatic N) is 3. The Morgan fingerprint density at radius 1 is 0.262 bits per heavy atom. The molecule has 0 amide bonds. The molecule has 14 heteroatoms. The van der Waals surface area contributed by atoms with Crippen molar-refractivity contribution in [2.75, 3.05) is 0 Å². The van der Waals surface area contributed by atoms with Crippen molar-refractivity contribution in [2.45, 2.75) is 0 Å². The maximum absolute atomic E-state index is 7.04. The van der Waals surface area contributed by atoms with Crippen molar-refractivity contribution >= 4 is 168 Å². The molecule has 0 N–H and O–H groups in total. The molecule has 0 aliphatic rings. The SMILES string of the molecule is [B]c1c([B])c([B])c(-c2c([B])c([B])c3c([B])c(-c4nc(-c5ccccc5)nc(-c5ccccc5-c5ccc(-c6cccc7ccccc67)cc5)n4)c([B])c([B])c3c2[B])c([B])c1[B]. The van der Waals surface area contributed by atoms with Gasteiger partial charge in [0, 0.05) is 16.7 Å². The molecule has 0 unspecified atom stereocenters. The van der Waals surface area contributed by atoms with Crippen molar-refractivity contribution < 1.29 is 0 Å². The second kappa shape index (κ2) is 15.8. The van der Waals surface area contributed by atoms with E-state index in [1.165, 1.54) is 10.8 Å². The van der Waals surface area contributed by atoms with E-state index in [2.05, 4.69) is 60.7 Å². The van der Waals surface area contributed by atoms with Gasteiger partial charge in [-0.3, -0.25) is 0 Å². The lowest BCUT2D eigenvalue weighted by Crippen LogP contribution is -2.56. The molecule has 0 fully saturated rings. The third-order valence-corrected chi connectivity index (χ3v) is 11.3. The molecule has 22 radical (unpaired) electrons. The Labute approximate surface area is 369 Å². The minimum atomic E-state index is -0.00417. The van der Waals surface area contributed by atoms with E-state index in [1.54, 1.807) is 0 Å². The van der Waals surface area contributed by atoms with Crippen LogP contribution in [0.25, 0.3) is 89.1 Å². The zero-order valence-electron chi connectivity index (χ0n) is 32.7. The van der Waals surface area contributed by atoms with Gasteiger partial charge in [-0.15, -0.1) is 16.4 Å². The van der Waals surface area contributed by atoms with E-state index in [0.717, 1.165) is 33.4 Å². The Morgan fingerprint density at radius 2 is 0.689 bits per heavy atom. The van der Waals surface area contributed by atoms with Gasteiger partial charge in [-0.05, 0) is 54.9 Å². The summed E-state index contributed by atoms with van der Waals surface area (Å²) in [4.78, 5) is 15.0. The number of hydrogen-bond acceptors (Lipinski definition) is 3. The fourth-order valence-corrected chi connectivity index (χ4v) is 8.10. The van der Waals surface area contributed by atoms with Crippen LogP contribution in [0, 0.1) is 0 Å². The number of benzene rings is 8. The van der Waals surface area contributed by atoms with Crippen molar-refractivity contribution in [1.29, 1.82) is 0 Å². The fourth-order valence-electron chi connectivity index (χ4n) is 8.10. The number of hydrogen-bond donors (Lipinski definition) is 0. The van der Waals surface area contributed by atoms with Crippen LogP contribution in [0.15, 0.2) is 121 Å². The van der Waals surface area contributed by atoms with Gasteiger partial charge in [-0.1, -0.05) is 165 Å². The van der Waals surface area contributed by atoms with Crippen LogP contribution in [0.5, 0.6) is 0 Å². The quantitative estimate of drug-likeness (QED) is 0.204. The van der Waals surface area contributed by atoms with Gasteiger partial charge in [0.2, 0.25) is 0 Å². The van der Waals surface area contributed by atoms with Gasteiger partial charge in [-0.2, -0.15) is 0 Å². The second-order valence-electron chi connectivity index (χ2n) is 14.7. The first-order valence-corrected chi connectivity index (χ1v) is 19.1. The monoisotopic (exact) mass is 747 g/mol. The zero-order chi connectivity index (χ0) is 42.9. The third-order valence-electron chi connectivity index (χ3n) is 11.3. The highest BCUT2D eigenvalue weighted by molar-refractivity contribution is 6.72. The lowest BCUT2D eigenvalue weighted by molar-refractivity contribution is 1.08. The van der Waals surface area contributed by atoms with E-state index in [1.807, 2.05) is 60.7 Å². The minimum Gasteiger partial charge on any atom is -0.208 e. The third kappa shape index (κ3) is 6.67. The van der Waals surface area contributed by atoms with Crippen LogP contribution in [0.3, 0.4) is 0 Å². The van der Waals surface area contributed by atoms with Gasteiger partial charge in [0.15, 0.2) is 17.5 Å². The summed E-state index contributed by atoms with van der Waals surface area (Å²) in [6, 6.07) is 40.5. The summed E-state index contributed by atoms with van der Waals surface area (Å²) >= 11 is 0. The molecule has 61 heavy (non-hydrogen) atoms. The van der Waals surface area contributed by atoms with Crippen LogP contribution in [0.4, 0.5) is 0 Å². The first kappa shape index (κ1) is 40.4. The molecule has 9 rings (SSSR count). The molecule has 8 aromatic carbocycles. The molecule has 0 aliphatic carbocycles. The van der Waals surface area contributed by atoms with Crippen LogP contribution in [-0.2, 0) is 0 Å². The summed E-state index contributed by atoms with van der Waals surface area (Å²) in [5.41, 5.74) is 6.28. The molecule has 0 aliphatic heterocycles. The van der Waals surface area contributed by atoms with Gasteiger partial charge >= 0.3 is 0 Å². The molecular formula is C47H20B11N3. The molecule has 9 aromatic rings. The molecule has 0 saturated carbocycles. The predicted octanol–water partition coefficient (Wildman–Crippen LogP) is -1.09. The Hall–Kier alpha value is -6.00. The first-order chi connectivity index (χ1) is 29.4. The molecule has 0 bridgehead atoms. The maximum atomic E-state index is 7.04. The van der Waals surface area contributed by atoms with Gasteiger partial charge in [0.1, 0.15) is 86.3 Å². The average Bonchev–Trinajstić information content (AvgIpc) is 3.29. The Morgan fingerprint density at radius 3 is 1.34 bits per heavy atom. The predicted molar refractivity (Wildman–Crippen MR) is 267 cm³/mol. The van der Waals surface area contributed by atoms with Gasteiger partial charge < -0.3 is 0 Å². The van der Waals surface area contributed by atoms with E-state index >= 15 is 0 Å². The topological polar surface area (TPSA) is 38.7 Å². The van der Waals surface area contributed by atoms with Gasteiger partial charge in [0.05, 0.1) is 0 Å². The van der Waals surface area contributed by atoms with Crippen molar-refractivity contribution in [3.63, 3.8) is 0 Å². The minimum absolute atomic E-state index is 0.000815. The molecule has 3 nitrogen and oxygen atoms in total. The molecule has 256 valence electrons. The molecule has 1 heterocycles. The smallest absolute Gasteiger partial charge is 0.164 e. The Kier molecular flexibility index (Phi) is 10.5. The highest BCUT2D eigenvalue weighted by Gasteiger charge is 2.24. The van der Waals surface area contributed by atoms with Gasteiger partial charge in [0.25, 0.3) is 0 Å². The first-order valence-electron chi connectivity index (χ1n) is 19.1. The van der Waals surface area contributed by atoms with Crippen molar-refractivity contribution in [2.24, 2.45) is 0 Å². The van der Waals surface area contributed by atoms with E-state index in [0.29, 0.717) is 11.6 Å². The summed E-state index contributed by atoms with van der Waals surface area (Å²) < 4.78 is 0. The highest BCUT2D eigenvalue weighted by Crippen LogP contribution is 2.35. The van der Waals surface area contributed by atoms with E-state index in [-0.39, 0.29) is 93.4 Å². The summed E-state index contributed by atoms with van der Waals surface area (Å²) in [5.74, 6) is 0.870.